The van der Waals surface area contributed by atoms with E-state index < -0.39 is 0 Å². The van der Waals surface area contributed by atoms with Crippen molar-refractivity contribution in [3.63, 3.8) is 0 Å². The van der Waals surface area contributed by atoms with Gasteiger partial charge in [-0.15, -0.1) is 0 Å². The molecular weight excluding hydrogens is 312 g/mol. The second-order valence-corrected chi connectivity index (χ2v) is 7.37. The SMILES string of the molecule is CC(=O)N1CCC(CN2CCC[C@H]2c2c(C)nn(C)c2Cl)CC1. The van der Waals surface area contributed by atoms with Crippen LogP contribution in [0.25, 0.3) is 0 Å². The topological polar surface area (TPSA) is 41.4 Å². The van der Waals surface area contributed by atoms with Gasteiger partial charge in [0, 0.05) is 45.2 Å². The fraction of sp³-hybridized carbons (Fsp3) is 0.765. The average Bonchev–Trinajstić information content (AvgIpc) is 3.04. The quantitative estimate of drug-likeness (QED) is 0.851. The summed E-state index contributed by atoms with van der Waals surface area (Å²) >= 11 is 6.49. The summed E-state index contributed by atoms with van der Waals surface area (Å²) in [5.74, 6) is 0.891. The number of piperidine rings is 1. The van der Waals surface area contributed by atoms with E-state index in [0.717, 1.165) is 49.9 Å². The summed E-state index contributed by atoms with van der Waals surface area (Å²) in [6.07, 6.45) is 4.62. The highest BCUT2D eigenvalue weighted by molar-refractivity contribution is 6.30. The summed E-state index contributed by atoms with van der Waals surface area (Å²) in [6.45, 7) is 7.80. The molecule has 1 aromatic rings. The molecule has 23 heavy (non-hydrogen) atoms. The smallest absolute Gasteiger partial charge is 0.219 e. The Balaban J connectivity index is 1.65. The summed E-state index contributed by atoms with van der Waals surface area (Å²) in [4.78, 5) is 16.0. The number of aryl methyl sites for hydroxylation is 2. The largest absolute Gasteiger partial charge is 0.343 e. The third kappa shape index (κ3) is 3.41. The van der Waals surface area contributed by atoms with Crippen LogP contribution in [-0.4, -0.2) is 51.7 Å². The zero-order valence-corrected chi connectivity index (χ0v) is 15.1. The molecule has 0 N–H and O–H groups in total. The molecule has 0 spiro atoms. The van der Waals surface area contributed by atoms with Crippen LogP contribution in [0, 0.1) is 12.8 Å². The first-order valence-corrected chi connectivity index (χ1v) is 9.03. The number of amides is 1. The van der Waals surface area contributed by atoms with Gasteiger partial charge in [0.25, 0.3) is 0 Å². The standard InChI is InChI=1S/C17H27ClN4O/c1-12-16(17(18)20(3)19-12)15-5-4-8-22(15)11-14-6-9-21(10-7-14)13(2)23/h14-15H,4-11H2,1-3H3/t15-/m0/s1. The van der Waals surface area contributed by atoms with Crippen LogP contribution in [0.3, 0.4) is 0 Å². The van der Waals surface area contributed by atoms with Gasteiger partial charge in [0.15, 0.2) is 0 Å². The van der Waals surface area contributed by atoms with Gasteiger partial charge < -0.3 is 4.90 Å². The highest BCUT2D eigenvalue weighted by Gasteiger charge is 2.33. The zero-order valence-electron chi connectivity index (χ0n) is 14.4. The van der Waals surface area contributed by atoms with E-state index in [9.17, 15) is 4.79 Å². The van der Waals surface area contributed by atoms with Crippen molar-refractivity contribution in [1.82, 2.24) is 19.6 Å². The molecule has 0 bridgehead atoms. The Kier molecular flexibility index (Phi) is 4.97. The Hall–Kier alpha value is -1.07. The molecule has 1 atom stereocenters. The van der Waals surface area contributed by atoms with Crippen LogP contribution >= 0.6 is 11.6 Å². The van der Waals surface area contributed by atoms with Crippen LogP contribution in [-0.2, 0) is 11.8 Å². The number of hydrogen-bond donors (Lipinski definition) is 0. The molecule has 2 fully saturated rings. The number of nitrogens with zero attached hydrogens (tertiary/aromatic N) is 4. The van der Waals surface area contributed by atoms with Crippen LogP contribution in [0.2, 0.25) is 5.15 Å². The Morgan fingerprint density at radius 3 is 2.52 bits per heavy atom. The van der Waals surface area contributed by atoms with Crippen LogP contribution in [0.15, 0.2) is 0 Å². The van der Waals surface area contributed by atoms with Crippen LogP contribution in [0.4, 0.5) is 0 Å². The van der Waals surface area contributed by atoms with Gasteiger partial charge in [0.05, 0.1) is 5.69 Å². The van der Waals surface area contributed by atoms with Crippen molar-refractivity contribution in [2.75, 3.05) is 26.2 Å². The Morgan fingerprint density at radius 1 is 1.26 bits per heavy atom. The molecule has 2 aliphatic heterocycles. The maximum absolute atomic E-state index is 11.5. The molecule has 5 nitrogen and oxygen atoms in total. The Bertz CT molecular complexity index is 577. The minimum Gasteiger partial charge on any atom is -0.343 e. The van der Waals surface area contributed by atoms with Gasteiger partial charge in [0.2, 0.25) is 5.91 Å². The van der Waals surface area contributed by atoms with E-state index in [4.69, 9.17) is 11.6 Å². The first-order chi connectivity index (χ1) is 11.0. The molecule has 0 radical (unpaired) electrons. The number of rotatable bonds is 3. The predicted octanol–water partition coefficient (Wildman–Crippen LogP) is 2.78. The van der Waals surface area contributed by atoms with Gasteiger partial charge in [-0.25, -0.2) is 0 Å². The average molecular weight is 339 g/mol. The molecule has 0 saturated carbocycles. The van der Waals surface area contributed by atoms with Crippen molar-refractivity contribution < 1.29 is 4.79 Å². The van der Waals surface area contributed by atoms with Gasteiger partial charge in [-0.05, 0) is 45.1 Å². The molecule has 1 aromatic heterocycles. The van der Waals surface area contributed by atoms with Gasteiger partial charge in [-0.2, -0.15) is 5.10 Å². The first kappa shape index (κ1) is 16.8. The normalized spacial score (nSPS) is 23.7. The van der Waals surface area contributed by atoms with E-state index in [-0.39, 0.29) is 5.91 Å². The van der Waals surface area contributed by atoms with E-state index in [1.807, 2.05) is 11.9 Å². The highest BCUT2D eigenvalue weighted by Crippen LogP contribution is 2.38. The molecular formula is C17H27ClN4O. The fourth-order valence-electron chi connectivity index (χ4n) is 4.16. The Labute approximate surface area is 143 Å². The zero-order chi connectivity index (χ0) is 16.6. The molecule has 0 aliphatic carbocycles. The first-order valence-electron chi connectivity index (χ1n) is 8.66. The molecule has 128 valence electrons. The van der Waals surface area contributed by atoms with Crippen LogP contribution < -0.4 is 0 Å². The molecule has 3 rings (SSSR count). The molecule has 0 aromatic carbocycles. The molecule has 3 heterocycles. The third-order valence-electron chi connectivity index (χ3n) is 5.45. The van der Waals surface area contributed by atoms with E-state index in [0.29, 0.717) is 12.0 Å². The van der Waals surface area contributed by atoms with Gasteiger partial charge in [-0.3, -0.25) is 14.4 Å². The van der Waals surface area contributed by atoms with Crippen molar-refractivity contribution in [3.8, 4) is 0 Å². The maximum atomic E-state index is 11.5. The lowest BCUT2D eigenvalue weighted by Crippen LogP contribution is -2.40. The fourth-order valence-corrected chi connectivity index (χ4v) is 4.46. The lowest BCUT2D eigenvalue weighted by Gasteiger charge is -2.35. The van der Waals surface area contributed by atoms with Gasteiger partial charge in [-0.1, -0.05) is 11.6 Å². The lowest BCUT2D eigenvalue weighted by molar-refractivity contribution is -0.130. The Morgan fingerprint density at radius 2 is 1.96 bits per heavy atom. The van der Waals surface area contributed by atoms with Gasteiger partial charge in [0.1, 0.15) is 5.15 Å². The van der Waals surface area contributed by atoms with Crippen molar-refractivity contribution in [2.24, 2.45) is 13.0 Å². The molecule has 6 heteroatoms. The summed E-state index contributed by atoms with van der Waals surface area (Å²) < 4.78 is 1.79. The minimum atomic E-state index is 0.209. The van der Waals surface area contributed by atoms with Crippen molar-refractivity contribution in [2.45, 2.75) is 45.6 Å². The summed E-state index contributed by atoms with van der Waals surface area (Å²) in [5, 5.41) is 5.26. The third-order valence-corrected chi connectivity index (χ3v) is 5.89. The van der Waals surface area contributed by atoms with Crippen molar-refractivity contribution in [1.29, 1.82) is 0 Å². The van der Waals surface area contributed by atoms with E-state index in [2.05, 4.69) is 16.9 Å². The van der Waals surface area contributed by atoms with Crippen molar-refractivity contribution in [3.05, 3.63) is 16.4 Å². The minimum absolute atomic E-state index is 0.209. The van der Waals surface area contributed by atoms with E-state index >= 15 is 0 Å². The second kappa shape index (κ2) is 6.81. The van der Waals surface area contributed by atoms with Crippen LogP contribution in [0.5, 0.6) is 0 Å². The monoisotopic (exact) mass is 338 g/mol. The molecule has 2 saturated heterocycles. The van der Waals surface area contributed by atoms with Crippen molar-refractivity contribution >= 4 is 17.5 Å². The molecule has 0 unspecified atom stereocenters. The number of halogens is 1. The predicted molar refractivity (Wildman–Crippen MR) is 91.5 cm³/mol. The summed E-state index contributed by atoms with van der Waals surface area (Å²) in [6, 6.07) is 0.405. The number of hydrogen-bond acceptors (Lipinski definition) is 3. The molecule has 2 aliphatic rings. The van der Waals surface area contributed by atoms with Gasteiger partial charge >= 0.3 is 0 Å². The van der Waals surface area contributed by atoms with E-state index in [1.54, 1.807) is 11.6 Å². The number of likely N-dealkylation sites (tertiary alicyclic amines) is 2. The number of carbonyl (C=O) groups is 1. The highest BCUT2D eigenvalue weighted by atomic mass is 35.5. The lowest BCUT2D eigenvalue weighted by atomic mass is 9.95. The van der Waals surface area contributed by atoms with Crippen LogP contribution in [0.1, 0.15) is 49.9 Å². The van der Waals surface area contributed by atoms with E-state index in [1.165, 1.54) is 18.4 Å². The number of aromatic nitrogens is 2. The second-order valence-electron chi connectivity index (χ2n) is 7.02. The maximum Gasteiger partial charge on any atom is 0.219 e. The molecule has 1 amide bonds. The number of carbonyl (C=O) groups excluding carboxylic acids is 1. The summed E-state index contributed by atoms with van der Waals surface area (Å²) in [5.41, 5.74) is 2.27. The summed E-state index contributed by atoms with van der Waals surface area (Å²) in [7, 11) is 1.91.